The fraction of sp³-hybridized carbons (Fsp3) is 0. The van der Waals surface area contributed by atoms with Gasteiger partial charge in [-0.25, -0.2) is 4.98 Å². The van der Waals surface area contributed by atoms with Crippen LogP contribution in [0.5, 0.6) is 5.75 Å². The molecule has 0 amide bonds. The number of phenols is 1. The molecule has 0 bridgehead atoms. The first-order valence-electron chi connectivity index (χ1n) is 6.82. The van der Waals surface area contributed by atoms with Crippen molar-refractivity contribution in [3.05, 3.63) is 61.4 Å². The van der Waals surface area contributed by atoms with E-state index in [1.165, 1.54) is 23.6 Å². The molecule has 3 aromatic rings. The number of anilines is 1. The lowest BCUT2D eigenvalue weighted by molar-refractivity contribution is 0.475. The van der Waals surface area contributed by atoms with Crippen LogP contribution in [0.15, 0.2) is 40.8 Å². The highest BCUT2D eigenvalue weighted by molar-refractivity contribution is 7.14. The van der Waals surface area contributed by atoms with Crippen molar-refractivity contribution in [3.63, 3.8) is 0 Å². The molecule has 0 unspecified atom stereocenters. The molecular weight excluding hydrogens is 424 g/mol. The largest absolute Gasteiger partial charge is 0.506 e. The van der Waals surface area contributed by atoms with E-state index in [2.05, 4.69) is 15.5 Å². The van der Waals surface area contributed by atoms with Crippen molar-refractivity contribution >= 4 is 69.1 Å². The molecule has 3 rings (SSSR count). The zero-order chi connectivity index (χ0) is 18.0. The second-order valence-electron chi connectivity index (χ2n) is 4.86. The summed E-state index contributed by atoms with van der Waals surface area (Å²) in [6.07, 6.45) is 1.41. The van der Waals surface area contributed by atoms with Crippen LogP contribution in [0.3, 0.4) is 0 Å². The summed E-state index contributed by atoms with van der Waals surface area (Å²) < 4.78 is 0. The fourth-order valence-corrected chi connectivity index (χ4v) is 3.66. The highest BCUT2D eigenvalue weighted by atomic mass is 35.5. The molecule has 1 aromatic heterocycles. The van der Waals surface area contributed by atoms with Gasteiger partial charge in [-0.15, -0.1) is 11.3 Å². The SMILES string of the molecule is Oc1c(Cl)cc(Cl)cc1/C=N/Nc1nc(-c2ccc(Cl)cc2Cl)cs1. The van der Waals surface area contributed by atoms with Crippen molar-refractivity contribution in [3.8, 4) is 17.0 Å². The van der Waals surface area contributed by atoms with Crippen molar-refractivity contribution in [1.82, 2.24) is 4.98 Å². The number of phenolic OH excluding ortho intramolecular Hbond substituents is 1. The molecule has 0 aliphatic rings. The normalized spacial score (nSPS) is 11.2. The molecule has 0 aliphatic heterocycles. The topological polar surface area (TPSA) is 57.5 Å². The van der Waals surface area contributed by atoms with Crippen LogP contribution < -0.4 is 5.43 Å². The first-order chi connectivity index (χ1) is 11.9. The highest BCUT2D eigenvalue weighted by Crippen LogP contribution is 2.33. The first kappa shape index (κ1) is 18.3. The number of nitrogens with zero attached hydrogens (tertiary/aromatic N) is 2. The quantitative estimate of drug-likeness (QED) is 0.361. The molecule has 4 nitrogen and oxygen atoms in total. The minimum absolute atomic E-state index is 0.0932. The molecule has 0 fully saturated rings. The number of aromatic nitrogens is 1. The van der Waals surface area contributed by atoms with Crippen LogP contribution in [0.25, 0.3) is 11.3 Å². The van der Waals surface area contributed by atoms with Gasteiger partial charge in [0.25, 0.3) is 0 Å². The summed E-state index contributed by atoms with van der Waals surface area (Å²) in [6, 6.07) is 8.22. The number of nitrogens with one attached hydrogen (secondary N) is 1. The van der Waals surface area contributed by atoms with Gasteiger partial charge in [0.15, 0.2) is 0 Å². The second-order valence-corrected chi connectivity index (χ2v) is 7.40. The van der Waals surface area contributed by atoms with Crippen LogP contribution in [0.2, 0.25) is 20.1 Å². The predicted octanol–water partition coefficient (Wildman–Crippen LogP) is 6.58. The van der Waals surface area contributed by atoms with Crippen molar-refractivity contribution in [1.29, 1.82) is 0 Å². The predicted molar refractivity (Wildman–Crippen MR) is 107 cm³/mol. The van der Waals surface area contributed by atoms with Gasteiger partial charge in [0.2, 0.25) is 5.13 Å². The highest BCUT2D eigenvalue weighted by Gasteiger charge is 2.09. The van der Waals surface area contributed by atoms with Crippen LogP contribution in [-0.2, 0) is 0 Å². The monoisotopic (exact) mass is 431 g/mol. The van der Waals surface area contributed by atoms with Crippen LogP contribution in [0, 0.1) is 0 Å². The minimum Gasteiger partial charge on any atom is -0.506 e. The zero-order valence-electron chi connectivity index (χ0n) is 12.3. The Kier molecular flexibility index (Phi) is 5.71. The van der Waals surface area contributed by atoms with E-state index in [1.54, 1.807) is 24.3 Å². The van der Waals surface area contributed by atoms with E-state index in [0.29, 0.717) is 31.5 Å². The van der Waals surface area contributed by atoms with Crippen LogP contribution >= 0.6 is 57.7 Å². The molecule has 9 heteroatoms. The van der Waals surface area contributed by atoms with Gasteiger partial charge in [0.05, 0.1) is 22.0 Å². The van der Waals surface area contributed by atoms with E-state index >= 15 is 0 Å². The third kappa shape index (κ3) is 4.37. The van der Waals surface area contributed by atoms with Gasteiger partial charge in [0, 0.05) is 26.6 Å². The Hall–Kier alpha value is -1.50. The number of hydrogen-bond donors (Lipinski definition) is 2. The third-order valence-electron chi connectivity index (χ3n) is 3.13. The van der Waals surface area contributed by atoms with Gasteiger partial charge in [0.1, 0.15) is 5.75 Å². The van der Waals surface area contributed by atoms with E-state index in [0.717, 1.165) is 5.56 Å². The van der Waals surface area contributed by atoms with Gasteiger partial charge >= 0.3 is 0 Å². The van der Waals surface area contributed by atoms with E-state index in [9.17, 15) is 5.11 Å². The summed E-state index contributed by atoms with van der Waals surface area (Å²) in [5.74, 6) is -0.0932. The number of hydrogen-bond acceptors (Lipinski definition) is 5. The van der Waals surface area contributed by atoms with Crippen molar-refractivity contribution in [2.45, 2.75) is 0 Å². The maximum absolute atomic E-state index is 9.88. The summed E-state index contributed by atoms with van der Waals surface area (Å²) in [6.45, 7) is 0. The Morgan fingerprint density at radius 2 is 1.80 bits per heavy atom. The molecule has 128 valence electrons. The second kappa shape index (κ2) is 7.81. The lowest BCUT2D eigenvalue weighted by Crippen LogP contribution is -1.91. The molecule has 2 aromatic carbocycles. The molecule has 1 heterocycles. The van der Waals surface area contributed by atoms with Gasteiger partial charge in [-0.2, -0.15) is 5.10 Å². The lowest BCUT2D eigenvalue weighted by atomic mass is 10.2. The number of halogens is 4. The average molecular weight is 433 g/mol. The fourth-order valence-electron chi connectivity index (χ4n) is 1.99. The average Bonchev–Trinajstić information content (AvgIpc) is 3.00. The zero-order valence-corrected chi connectivity index (χ0v) is 16.1. The molecule has 25 heavy (non-hydrogen) atoms. The maximum atomic E-state index is 9.88. The van der Waals surface area contributed by atoms with Crippen LogP contribution in [0.1, 0.15) is 5.56 Å². The summed E-state index contributed by atoms with van der Waals surface area (Å²) in [5, 5.41) is 18.0. The van der Waals surface area contributed by atoms with Crippen molar-refractivity contribution in [2.24, 2.45) is 5.10 Å². The Balaban J connectivity index is 1.76. The van der Waals surface area contributed by atoms with Crippen molar-refractivity contribution in [2.75, 3.05) is 5.43 Å². The maximum Gasteiger partial charge on any atom is 0.203 e. The Bertz CT molecular complexity index is 959. The smallest absolute Gasteiger partial charge is 0.203 e. The van der Waals surface area contributed by atoms with E-state index in [4.69, 9.17) is 46.4 Å². The number of rotatable bonds is 4. The number of hydrazone groups is 1. The van der Waals surface area contributed by atoms with E-state index < -0.39 is 0 Å². The van der Waals surface area contributed by atoms with Gasteiger partial charge in [-0.1, -0.05) is 46.4 Å². The summed E-state index contributed by atoms with van der Waals surface area (Å²) in [7, 11) is 0. The van der Waals surface area contributed by atoms with E-state index in [-0.39, 0.29) is 10.8 Å². The van der Waals surface area contributed by atoms with Gasteiger partial charge < -0.3 is 5.11 Å². The third-order valence-corrected chi connectivity index (χ3v) is 4.93. The molecular formula is C16H9Cl4N3OS. The first-order valence-corrected chi connectivity index (χ1v) is 9.21. The number of thiazole rings is 1. The van der Waals surface area contributed by atoms with Crippen molar-refractivity contribution < 1.29 is 5.11 Å². The summed E-state index contributed by atoms with van der Waals surface area (Å²) in [5.41, 5.74) is 4.66. The number of aromatic hydroxyl groups is 1. The standard InChI is InChI=1S/C16H9Cl4N3OS/c17-9-1-2-11(12(19)4-9)14-7-25-16(22-14)23-21-6-8-3-10(18)5-13(20)15(8)24/h1-7,24H,(H,22,23)/b21-6+. The molecule has 0 saturated carbocycles. The van der Waals surface area contributed by atoms with Gasteiger partial charge in [-0.05, 0) is 30.3 Å². The Labute approximate surface area is 167 Å². The summed E-state index contributed by atoms with van der Waals surface area (Å²) in [4.78, 5) is 4.41. The molecule has 0 atom stereocenters. The molecule has 0 aliphatic carbocycles. The summed E-state index contributed by atoms with van der Waals surface area (Å²) >= 11 is 25.2. The Morgan fingerprint density at radius 3 is 2.56 bits per heavy atom. The molecule has 0 saturated heterocycles. The van der Waals surface area contributed by atoms with Crippen LogP contribution in [0.4, 0.5) is 5.13 Å². The Morgan fingerprint density at radius 1 is 1.04 bits per heavy atom. The molecule has 2 N–H and O–H groups in total. The minimum atomic E-state index is -0.0932. The lowest BCUT2D eigenvalue weighted by Gasteiger charge is -2.02. The number of benzene rings is 2. The molecule has 0 spiro atoms. The van der Waals surface area contributed by atoms with Crippen LogP contribution in [-0.4, -0.2) is 16.3 Å². The van der Waals surface area contributed by atoms with E-state index in [1.807, 2.05) is 5.38 Å². The molecule has 0 radical (unpaired) electrons. The van der Waals surface area contributed by atoms with Gasteiger partial charge in [-0.3, -0.25) is 5.43 Å².